The van der Waals surface area contributed by atoms with Crippen molar-refractivity contribution in [3.8, 4) is 17.2 Å². The molecule has 3 rings (SSSR count). The Labute approximate surface area is 160 Å². The maximum absolute atomic E-state index is 12.8. The van der Waals surface area contributed by atoms with Gasteiger partial charge in [0.2, 0.25) is 5.78 Å². The first-order chi connectivity index (χ1) is 13.0. The number of rotatable bonds is 7. The first-order valence-corrected chi connectivity index (χ1v) is 8.81. The molecule has 0 bridgehead atoms. The van der Waals surface area contributed by atoms with E-state index in [9.17, 15) is 4.79 Å². The second-order valence-electron chi connectivity index (χ2n) is 5.49. The van der Waals surface area contributed by atoms with Crippen LogP contribution in [0.25, 0.3) is 0 Å². The fourth-order valence-corrected chi connectivity index (χ4v) is 3.35. The van der Waals surface area contributed by atoms with Crippen LogP contribution < -0.4 is 25.3 Å². The molecule has 0 saturated heterocycles. The predicted molar refractivity (Wildman–Crippen MR) is 106 cm³/mol. The van der Waals surface area contributed by atoms with Gasteiger partial charge in [-0.25, -0.2) is 4.98 Å². The van der Waals surface area contributed by atoms with Gasteiger partial charge in [-0.1, -0.05) is 17.4 Å². The molecule has 27 heavy (non-hydrogen) atoms. The van der Waals surface area contributed by atoms with Crippen LogP contribution in [0.2, 0.25) is 0 Å². The summed E-state index contributed by atoms with van der Waals surface area (Å²) in [5, 5.41) is 3.66. The number of aromatic nitrogens is 1. The van der Waals surface area contributed by atoms with Crippen molar-refractivity contribution in [2.75, 3.05) is 32.4 Å². The van der Waals surface area contributed by atoms with Crippen LogP contribution in [-0.2, 0) is 0 Å². The van der Waals surface area contributed by atoms with E-state index in [0.717, 1.165) is 5.69 Å². The SMILES string of the molecule is COc1cccc(Nc2nc(N)c(C(=O)c3ccc(OC)c(OC)c3)s2)c1. The summed E-state index contributed by atoms with van der Waals surface area (Å²) in [4.78, 5) is 17.5. The Morgan fingerprint density at radius 2 is 1.81 bits per heavy atom. The van der Waals surface area contributed by atoms with Gasteiger partial charge in [-0.05, 0) is 30.3 Å². The van der Waals surface area contributed by atoms with Crippen LogP contribution in [0, 0.1) is 0 Å². The van der Waals surface area contributed by atoms with E-state index in [4.69, 9.17) is 19.9 Å². The zero-order chi connectivity index (χ0) is 19.4. The molecule has 140 valence electrons. The van der Waals surface area contributed by atoms with Crippen molar-refractivity contribution in [1.29, 1.82) is 0 Å². The number of nitrogens with zero attached hydrogens (tertiary/aromatic N) is 1. The number of ketones is 1. The van der Waals surface area contributed by atoms with Gasteiger partial charge in [-0.3, -0.25) is 4.79 Å². The molecule has 0 amide bonds. The van der Waals surface area contributed by atoms with Crippen molar-refractivity contribution in [3.05, 3.63) is 52.9 Å². The number of methoxy groups -OCH3 is 3. The maximum Gasteiger partial charge on any atom is 0.206 e. The molecule has 0 fully saturated rings. The monoisotopic (exact) mass is 385 g/mol. The van der Waals surface area contributed by atoms with E-state index in [1.165, 1.54) is 25.6 Å². The maximum atomic E-state index is 12.8. The molecule has 0 radical (unpaired) electrons. The van der Waals surface area contributed by atoms with Gasteiger partial charge in [-0.15, -0.1) is 0 Å². The highest BCUT2D eigenvalue weighted by molar-refractivity contribution is 7.18. The quantitative estimate of drug-likeness (QED) is 0.598. The van der Waals surface area contributed by atoms with Gasteiger partial charge in [0, 0.05) is 17.3 Å². The zero-order valence-electron chi connectivity index (χ0n) is 15.1. The minimum absolute atomic E-state index is 0.171. The molecule has 2 aromatic carbocycles. The van der Waals surface area contributed by atoms with Gasteiger partial charge in [0.05, 0.1) is 21.3 Å². The number of hydrogen-bond donors (Lipinski definition) is 2. The number of carbonyl (C=O) groups is 1. The number of hydrogen-bond acceptors (Lipinski definition) is 8. The summed E-state index contributed by atoms with van der Waals surface area (Å²) in [5.74, 6) is 1.67. The minimum atomic E-state index is -0.232. The molecule has 0 spiro atoms. The Kier molecular flexibility index (Phi) is 5.46. The summed E-state index contributed by atoms with van der Waals surface area (Å²) in [7, 11) is 4.65. The summed E-state index contributed by atoms with van der Waals surface area (Å²) in [6, 6.07) is 12.4. The standard InChI is InChI=1S/C19H19N3O4S/c1-24-13-6-4-5-12(10-13)21-19-22-18(20)17(27-19)16(23)11-7-8-14(25-2)15(9-11)26-3/h4-10H,20H2,1-3H3,(H,21,22). The number of anilines is 3. The zero-order valence-corrected chi connectivity index (χ0v) is 15.9. The fraction of sp³-hybridized carbons (Fsp3) is 0.158. The Bertz CT molecular complexity index is 971. The predicted octanol–water partition coefficient (Wildman–Crippen LogP) is 3.73. The largest absolute Gasteiger partial charge is 0.497 e. The highest BCUT2D eigenvalue weighted by atomic mass is 32.1. The van der Waals surface area contributed by atoms with Crippen LogP contribution >= 0.6 is 11.3 Å². The first kappa shape index (κ1) is 18.5. The summed E-state index contributed by atoms with van der Waals surface area (Å²) in [6.07, 6.45) is 0. The third-order valence-corrected chi connectivity index (χ3v) is 4.81. The van der Waals surface area contributed by atoms with E-state index in [0.29, 0.717) is 32.8 Å². The lowest BCUT2D eigenvalue weighted by Gasteiger charge is -2.08. The topological polar surface area (TPSA) is 95.7 Å². The molecule has 3 N–H and O–H groups in total. The van der Waals surface area contributed by atoms with Crippen LogP contribution in [0.5, 0.6) is 17.2 Å². The number of ether oxygens (including phenoxy) is 3. The van der Waals surface area contributed by atoms with E-state index < -0.39 is 0 Å². The Hall–Kier alpha value is -3.26. The molecule has 0 aliphatic rings. The fourth-order valence-electron chi connectivity index (χ4n) is 2.48. The van der Waals surface area contributed by atoms with E-state index in [-0.39, 0.29) is 11.6 Å². The van der Waals surface area contributed by atoms with Gasteiger partial charge in [0.1, 0.15) is 16.4 Å². The lowest BCUT2D eigenvalue weighted by Crippen LogP contribution is -2.03. The van der Waals surface area contributed by atoms with Crippen molar-refractivity contribution < 1.29 is 19.0 Å². The Morgan fingerprint density at radius 3 is 2.52 bits per heavy atom. The van der Waals surface area contributed by atoms with Crippen molar-refractivity contribution in [1.82, 2.24) is 4.98 Å². The van der Waals surface area contributed by atoms with Crippen molar-refractivity contribution in [2.24, 2.45) is 0 Å². The molecular weight excluding hydrogens is 366 g/mol. The molecule has 0 atom stereocenters. The van der Waals surface area contributed by atoms with Gasteiger partial charge in [-0.2, -0.15) is 0 Å². The number of nitrogens with two attached hydrogens (primary N) is 1. The molecule has 0 aliphatic heterocycles. The van der Waals surface area contributed by atoms with E-state index in [1.54, 1.807) is 25.3 Å². The molecule has 0 unspecified atom stereocenters. The van der Waals surface area contributed by atoms with Crippen molar-refractivity contribution in [2.45, 2.75) is 0 Å². The summed E-state index contributed by atoms with van der Waals surface area (Å²) in [6.45, 7) is 0. The number of benzene rings is 2. The molecule has 1 aromatic heterocycles. The first-order valence-electron chi connectivity index (χ1n) is 7.99. The van der Waals surface area contributed by atoms with Crippen LogP contribution in [0.1, 0.15) is 15.2 Å². The van der Waals surface area contributed by atoms with E-state index >= 15 is 0 Å². The molecule has 3 aromatic rings. The molecule has 0 aliphatic carbocycles. The normalized spacial score (nSPS) is 10.3. The lowest BCUT2D eigenvalue weighted by molar-refractivity contribution is 0.104. The van der Waals surface area contributed by atoms with E-state index in [1.807, 2.05) is 24.3 Å². The van der Waals surface area contributed by atoms with Gasteiger partial charge < -0.3 is 25.3 Å². The molecule has 7 nitrogen and oxygen atoms in total. The average Bonchev–Trinajstić information content (AvgIpc) is 3.06. The highest BCUT2D eigenvalue weighted by Crippen LogP contribution is 2.33. The third kappa shape index (κ3) is 3.95. The second kappa shape index (κ2) is 7.96. The lowest BCUT2D eigenvalue weighted by atomic mass is 10.1. The Morgan fingerprint density at radius 1 is 1.04 bits per heavy atom. The molecule has 0 saturated carbocycles. The minimum Gasteiger partial charge on any atom is -0.497 e. The molecule has 8 heteroatoms. The van der Waals surface area contributed by atoms with Gasteiger partial charge >= 0.3 is 0 Å². The van der Waals surface area contributed by atoms with Crippen molar-refractivity contribution in [3.63, 3.8) is 0 Å². The van der Waals surface area contributed by atoms with E-state index in [2.05, 4.69) is 10.3 Å². The van der Waals surface area contributed by atoms with Crippen LogP contribution in [0.4, 0.5) is 16.6 Å². The second-order valence-corrected chi connectivity index (χ2v) is 6.49. The number of carbonyl (C=O) groups excluding carboxylic acids is 1. The van der Waals surface area contributed by atoms with Crippen LogP contribution in [0.3, 0.4) is 0 Å². The summed E-state index contributed by atoms with van der Waals surface area (Å²) < 4.78 is 15.7. The smallest absolute Gasteiger partial charge is 0.206 e. The highest BCUT2D eigenvalue weighted by Gasteiger charge is 2.20. The summed E-state index contributed by atoms with van der Waals surface area (Å²) >= 11 is 1.18. The Balaban J connectivity index is 1.86. The number of nitrogens with one attached hydrogen (secondary N) is 1. The number of thiazole rings is 1. The average molecular weight is 385 g/mol. The van der Waals surface area contributed by atoms with Gasteiger partial charge in [0.25, 0.3) is 0 Å². The van der Waals surface area contributed by atoms with Crippen molar-refractivity contribution >= 4 is 33.8 Å². The van der Waals surface area contributed by atoms with Crippen LogP contribution in [-0.4, -0.2) is 32.1 Å². The summed E-state index contributed by atoms with van der Waals surface area (Å²) in [5.41, 5.74) is 7.20. The van der Waals surface area contributed by atoms with Gasteiger partial charge in [0.15, 0.2) is 16.6 Å². The van der Waals surface area contributed by atoms with Crippen LogP contribution in [0.15, 0.2) is 42.5 Å². The number of nitrogen functional groups attached to an aromatic ring is 1. The third-order valence-electron chi connectivity index (χ3n) is 3.83. The molecule has 1 heterocycles. The molecular formula is C19H19N3O4S.